The van der Waals surface area contributed by atoms with E-state index in [1.54, 1.807) is 22.9 Å². The van der Waals surface area contributed by atoms with Crippen LogP contribution in [-0.4, -0.2) is 23.5 Å². The van der Waals surface area contributed by atoms with Crippen LogP contribution in [0.3, 0.4) is 0 Å². The predicted octanol–water partition coefficient (Wildman–Crippen LogP) is 0.705. The molecule has 1 unspecified atom stereocenters. The first kappa shape index (κ1) is 11.9. The molecule has 0 aromatic carbocycles. The van der Waals surface area contributed by atoms with Crippen molar-refractivity contribution < 1.29 is 4.79 Å². The van der Waals surface area contributed by atoms with Crippen molar-refractivity contribution in [2.75, 3.05) is 6.54 Å². The van der Waals surface area contributed by atoms with Gasteiger partial charge < -0.3 is 11.1 Å². The number of hydrogen-bond acceptors (Lipinski definition) is 4. The van der Waals surface area contributed by atoms with E-state index in [0.29, 0.717) is 13.0 Å². The lowest BCUT2D eigenvalue weighted by Gasteiger charge is -2.09. The SMILES string of the molecule is C=CCC(N)C(=O)NCCc1cscn1. The summed E-state index contributed by atoms with van der Waals surface area (Å²) in [6.07, 6.45) is 2.89. The molecule has 0 aliphatic heterocycles. The maximum absolute atomic E-state index is 11.4. The van der Waals surface area contributed by atoms with Gasteiger partial charge in [0.2, 0.25) is 5.91 Å². The first-order valence-electron chi connectivity index (χ1n) is 4.75. The summed E-state index contributed by atoms with van der Waals surface area (Å²) in [5.74, 6) is -0.134. The third-order valence-corrected chi connectivity index (χ3v) is 2.56. The molecule has 15 heavy (non-hydrogen) atoms. The third kappa shape index (κ3) is 4.22. The molecule has 0 radical (unpaired) electrons. The van der Waals surface area contributed by atoms with E-state index in [1.165, 1.54) is 0 Å². The number of hydrogen-bond donors (Lipinski definition) is 2. The number of thiazole rings is 1. The second kappa shape index (κ2) is 6.31. The monoisotopic (exact) mass is 225 g/mol. The molecular formula is C10H15N3OS. The van der Waals surface area contributed by atoms with Gasteiger partial charge in [-0.25, -0.2) is 4.98 Å². The fourth-order valence-corrected chi connectivity index (χ4v) is 1.69. The van der Waals surface area contributed by atoms with Crippen molar-refractivity contribution in [3.63, 3.8) is 0 Å². The zero-order valence-corrected chi connectivity index (χ0v) is 9.30. The summed E-state index contributed by atoms with van der Waals surface area (Å²) in [4.78, 5) is 15.5. The number of carbonyl (C=O) groups excluding carboxylic acids is 1. The van der Waals surface area contributed by atoms with E-state index < -0.39 is 6.04 Å². The van der Waals surface area contributed by atoms with Crippen molar-refractivity contribution >= 4 is 17.2 Å². The highest BCUT2D eigenvalue weighted by Gasteiger charge is 2.10. The maximum Gasteiger partial charge on any atom is 0.237 e. The molecule has 0 spiro atoms. The normalized spacial score (nSPS) is 12.1. The molecule has 3 N–H and O–H groups in total. The number of nitrogens with one attached hydrogen (secondary N) is 1. The minimum Gasteiger partial charge on any atom is -0.354 e. The molecule has 0 fully saturated rings. The molecule has 1 atom stereocenters. The van der Waals surface area contributed by atoms with Crippen LogP contribution < -0.4 is 11.1 Å². The summed E-state index contributed by atoms with van der Waals surface area (Å²) < 4.78 is 0. The minimum absolute atomic E-state index is 0.134. The van der Waals surface area contributed by atoms with Gasteiger partial charge in [0.1, 0.15) is 0 Å². The second-order valence-electron chi connectivity index (χ2n) is 3.15. The Hall–Kier alpha value is -1.20. The van der Waals surface area contributed by atoms with Crippen LogP contribution >= 0.6 is 11.3 Å². The highest BCUT2D eigenvalue weighted by atomic mass is 32.1. The number of aromatic nitrogens is 1. The quantitative estimate of drug-likeness (QED) is 0.700. The smallest absolute Gasteiger partial charge is 0.237 e. The third-order valence-electron chi connectivity index (χ3n) is 1.92. The lowest BCUT2D eigenvalue weighted by molar-refractivity contribution is -0.122. The van der Waals surface area contributed by atoms with Crippen molar-refractivity contribution in [1.82, 2.24) is 10.3 Å². The molecule has 1 aromatic rings. The van der Waals surface area contributed by atoms with Crippen LogP contribution in [0, 0.1) is 0 Å². The molecular weight excluding hydrogens is 210 g/mol. The number of nitrogens with zero attached hydrogens (tertiary/aromatic N) is 1. The van der Waals surface area contributed by atoms with E-state index in [2.05, 4.69) is 16.9 Å². The molecule has 82 valence electrons. The summed E-state index contributed by atoms with van der Waals surface area (Å²) in [7, 11) is 0. The lowest BCUT2D eigenvalue weighted by Crippen LogP contribution is -2.40. The number of nitrogens with two attached hydrogens (primary N) is 1. The van der Waals surface area contributed by atoms with Gasteiger partial charge in [0, 0.05) is 18.3 Å². The van der Waals surface area contributed by atoms with Crippen LogP contribution in [0.25, 0.3) is 0 Å². The average molecular weight is 225 g/mol. The fourth-order valence-electron chi connectivity index (χ4n) is 1.09. The van der Waals surface area contributed by atoms with E-state index in [9.17, 15) is 4.79 Å². The Morgan fingerprint density at radius 3 is 3.20 bits per heavy atom. The first-order chi connectivity index (χ1) is 7.24. The fraction of sp³-hybridized carbons (Fsp3) is 0.400. The van der Waals surface area contributed by atoms with Gasteiger partial charge >= 0.3 is 0 Å². The number of carbonyl (C=O) groups is 1. The second-order valence-corrected chi connectivity index (χ2v) is 3.87. The molecule has 1 heterocycles. The van der Waals surface area contributed by atoms with Crippen molar-refractivity contribution in [1.29, 1.82) is 0 Å². The zero-order chi connectivity index (χ0) is 11.1. The Morgan fingerprint density at radius 1 is 1.80 bits per heavy atom. The van der Waals surface area contributed by atoms with Gasteiger partial charge in [0.25, 0.3) is 0 Å². The van der Waals surface area contributed by atoms with E-state index in [-0.39, 0.29) is 5.91 Å². The largest absolute Gasteiger partial charge is 0.354 e. The molecule has 5 heteroatoms. The summed E-state index contributed by atoms with van der Waals surface area (Å²) >= 11 is 1.55. The van der Waals surface area contributed by atoms with Crippen LogP contribution in [0.1, 0.15) is 12.1 Å². The van der Waals surface area contributed by atoms with E-state index in [0.717, 1.165) is 12.1 Å². The first-order valence-corrected chi connectivity index (χ1v) is 5.69. The van der Waals surface area contributed by atoms with Gasteiger partial charge in [-0.3, -0.25) is 4.79 Å². The Bertz CT molecular complexity index is 310. The van der Waals surface area contributed by atoms with Crippen LogP contribution in [0.2, 0.25) is 0 Å². The van der Waals surface area contributed by atoms with Crippen molar-refractivity contribution in [2.45, 2.75) is 18.9 Å². The molecule has 1 aromatic heterocycles. The van der Waals surface area contributed by atoms with Gasteiger partial charge in [-0.05, 0) is 6.42 Å². The summed E-state index contributed by atoms with van der Waals surface area (Å²) in [6.45, 7) is 4.11. The highest BCUT2D eigenvalue weighted by molar-refractivity contribution is 7.07. The van der Waals surface area contributed by atoms with Gasteiger partial charge in [0.05, 0.1) is 17.2 Å². The van der Waals surface area contributed by atoms with E-state index >= 15 is 0 Å². The van der Waals surface area contributed by atoms with Gasteiger partial charge in [-0.2, -0.15) is 0 Å². The summed E-state index contributed by atoms with van der Waals surface area (Å²) in [6, 6.07) is -0.488. The Balaban J connectivity index is 2.19. The molecule has 1 rings (SSSR count). The molecule has 0 bridgehead atoms. The lowest BCUT2D eigenvalue weighted by atomic mass is 10.2. The van der Waals surface area contributed by atoms with Crippen LogP contribution in [-0.2, 0) is 11.2 Å². The molecule has 0 saturated carbocycles. The van der Waals surface area contributed by atoms with Gasteiger partial charge in [-0.15, -0.1) is 17.9 Å². The summed E-state index contributed by atoms with van der Waals surface area (Å²) in [5, 5.41) is 4.73. The topological polar surface area (TPSA) is 68.0 Å². The van der Waals surface area contributed by atoms with Gasteiger partial charge in [0.15, 0.2) is 0 Å². The Labute approximate surface area is 93.2 Å². The number of amides is 1. The predicted molar refractivity (Wildman–Crippen MR) is 61.6 cm³/mol. The zero-order valence-electron chi connectivity index (χ0n) is 8.48. The number of rotatable bonds is 6. The molecule has 4 nitrogen and oxygen atoms in total. The van der Waals surface area contributed by atoms with E-state index in [1.807, 2.05) is 5.38 Å². The highest BCUT2D eigenvalue weighted by Crippen LogP contribution is 2.00. The van der Waals surface area contributed by atoms with Crippen LogP contribution in [0.4, 0.5) is 0 Å². The van der Waals surface area contributed by atoms with Gasteiger partial charge in [-0.1, -0.05) is 6.08 Å². The average Bonchev–Trinajstić information content (AvgIpc) is 2.71. The summed E-state index contributed by atoms with van der Waals surface area (Å²) in [5.41, 5.74) is 8.37. The standard InChI is InChI=1S/C10H15N3OS/c1-2-3-9(11)10(14)12-5-4-8-6-15-7-13-8/h2,6-7,9H,1,3-5,11H2,(H,12,14). The van der Waals surface area contributed by atoms with Crippen molar-refractivity contribution in [2.24, 2.45) is 5.73 Å². The molecule has 0 aliphatic carbocycles. The molecule has 1 amide bonds. The van der Waals surface area contributed by atoms with Crippen molar-refractivity contribution in [3.8, 4) is 0 Å². The van der Waals surface area contributed by atoms with Crippen LogP contribution in [0.15, 0.2) is 23.5 Å². The molecule has 0 aliphatic rings. The Kier molecular flexibility index (Phi) is 5.00. The van der Waals surface area contributed by atoms with E-state index in [4.69, 9.17) is 5.73 Å². The maximum atomic E-state index is 11.4. The van der Waals surface area contributed by atoms with Crippen molar-refractivity contribution in [3.05, 3.63) is 29.2 Å². The molecule has 0 saturated heterocycles. The minimum atomic E-state index is -0.488. The van der Waals surface area contributed by atoms with Crippen LogP contribution in [0.5, 0.6) is 0 Å². The Morgan fingerprint density at radius 2 is 2.60 bits per heavy atom.